The van der Waals surface area contributed by atoms with Crippen LogP contribution in [0.15, 0.2) is 150 Å². The van der Waals surface area contributed by atoms with Gasteiger partial charge in [-0.15, -0.1) is 52.6 Å². The Morgan fingerprint density at radius 3 is 0.511 bits per heavy atom. The molecule has 4 aromatic carbocycles. The van der Waals surface area contributed by atoms with E-state index >= 15 is 0 Å². The number of hydrogen-bond acceptors (Lipinski definition) is 0. The van der Waals surface area contributed by atoms with E-state index in [0.717, 1.165) is 0 Å². The normalized spacial score (nSPS) is 13.3. The summed E-state index contributed by atoms with van der Waals surface area (Å²) in [7, 11) is 0. The molecule has 0 fully saturated rings. The van der Waals surface area contributed by atoms with Crippen molar-refractivity contribution in [1.82, 2.24) is 0 Å². The van der Waals surface area contributed by atoms with E-state index in [-0.39, 0.29) is 7.43 Å². The highest BCUT2D eigenvalue weighted by Gasteiger charge is 2.09. The molecule has 0 nitrogen and oxygen atoms in total. The van der Waals surface area contributed by atoms with E-state index in [9.17, 15) is 0 Å². The maximum atomic E-state index is 3.00. The summed E-state index contributed by atoms with van der Waals surface area (Å²) in [6.07, 6.45) is 18.7. The van der Waals surface area contributed by atoms with Crippen molar-refractivity contribution in [3.8, 4) is 0 Å². The van der Waals surface area contributed by atoms with Crippen molar-refractivity contribution in [3.05, 3.63) is 194 Å². The molecule has 0 bridgehead atoms. The Bertz CT molecular complexity index is 1140. The van der Waals surface area contributed by atoms with E-state index in [4.69, 9.17) is 0 Å². The first-order chi connectivity index (χ1) is 22.9. The fourth-order valence-corrected chi connectivity index (χ4v) is 6.38. The first kappa shape index (κ1) is 42.8. The van der Waals surface area contributed by atoms with Gasteiger partial charge in [0.1, 0.15) is 0 Å². The summed E-state index contributed by atoms with van der Waals surface area (Å²) in [5.41, 5.74) is 12.6. The molecule has 0 atom stereocenters. The van der Waals surface area contributed by atoms with Crippen LogP contribution in [0.25, 0.3) is 0 Å². The predicted molar refractivity (Wildman–Crippen MR) is 215 cm³/mol. The molecule has 0 aromatic heterocycles. The van der Waals surface area contributed by atoms with Crippen LogP contribution >= 0.6 is 0 Å². The zero-order valence-electron chi connectivity index (χ0n) is 28.8. The highest BCUT2D eigenvalue weighted by atomic mass is 14.1. The molecule has 4 aliphatic carbocycles. The molecule has 0 heteroatoms. The summed E-state index contributed by atoms with van der Waals surface area (Å²) in [5.74, 6) is 0. The van der Waals surface area contributed by atoms with Gasteiger partial charge in [0.05, 0.1) is 0 Å². The first-order valence-corrected chi connectivity index (χ1v) is 17.1. The molecule has 4 aromatic rings. The van der Waals surface area contributed by atoms with Crippen LogP contribution < -0.4 is 0 Å². The summed E-state index contributed by atoms with van der Waals surface area (Å²) in [4.78, 5) is 0. The summed E-state index contributed by atoms with van der Waals surface area (Å²) < 4.78 is 0. The van der Waals surface area contributed by atoms with E-state index in [1.54, 1.807) is 44.5 Å². The van der Waals surface area contributed by atoms with Crippen LogP contribution in [0, 0.1) is 0 Å². The van der Waals surface area contributed by atoms with Crippen LogP contribution in [0.3, 0.4) is 0 Å². The monoisotopic (exact) mass is 629 g/mol. The lowest BCUT2D eigenvalue weighted by atomic mass is 9.92. The molecule has 0 heterocycles. The van der Waals surface area contributed by atoms with Gasteiger partial charge in [-0.2, -0.15) is 0 Å². The van der Waals surface area contributed by atoms with Gasteiger partial charge in [-0.1, -0.05) is 104 Å². The highest BCUT2D eigenvalue weighted by molar-refractivity contribution is 5.32. The molecule has 0 amide bonds. The van der Waals surface area contributed by atoms with Crippen molar-refractivity contribution in [1.29, 1.82) is 0 Å². The minimum Gasteiger partial charge on any atom is -0.106 e. The first-order valence-electron chi connectivity index (χ1n) is 17.1. The average molecular weight is 629 g/mol. The third kappa shape index (κ3) is 15.3. The Balaban J connectivity index is 0.000000557. The number of rotatable bonds is 0. The van der Waals surface area contributed by atoms with Crippen LogP contribution in [0.1, 0.15) is 90.5 Å². The van der Waals surface area contributed by atoms with Crippen LogP contribution in [0.2, 0.25) is 0 Å². The number of benzene rings is 4. The second-order valence-electron chi connectivity index (χ2n) is 11.2. The smallest absolute Gasteiger partial charge is 0.0273 e. The minimum atomic E-state index is 0. The van der Waals surface area contributed by atoms with E-state index in [1.165, 1.54) is 89.9 Å². The SMILES string of the molecule is C.C=C.C=C.C=C.C=C.c1ccc2c(c1)CCC2.c1ccc2c(c1)CCC2.c1ccc2c(c1)CCCC2.c1ccc2c(c1)CCCC2. The van der Waals surface area contributed by atoms with Gasteiger partial charge in [-0.25, -0.2) is 0 Å². The summed E-state index contributed by atoms with van der Waals surface area (Å²) in [6, 6.07) is 35.1. The Morgan fingerprint density at radius 1 is 0.234 bits per heavy atom. The second kappa shape index (κ2) is 28.1. The van der Waals surface area contributed by atoms with E-state index < -0.39 is 0 Å². The molecule has 0 saturated carbocycles. The molecular formula is C47H64. The predicted octanol–water partition coefficient (Wildman–Crippen LogP) is 13.3. The van der Waals surface area contributed by atoms with E-state index in [1.807, 2.05) is 0 Å². The van der Waals surface area contributed by atoms with E-state index in [0.29, 0.717) is 0 Å². The Kier molecular flexibility index (Phi) is 25.6. The van der Waals surface area contributed by atoms with Gasteiger partial charge in [0.15, 0.2) is 0 Å². The quantitative estimate of drug-likeness (QED) is 0.170. The fourth-order valence-electron chi connectivity index (χ4n) is 6.38. The van der Waals surface area contributed by atoms with Crippen LogP contribution in [0.5, 0.6) is 0 Å². The molecule has 252 valence electrons. The van der Waals surface area contributed by atoms with Gasteiger partial charge in [-0.05, 0) is 134 Å². The van der Waals surface area contributed by atoms with Gasteiger partial charge in [-0.3, -0.25) is 0 Å². The zero-order chi connectivity index (χ0) is 33.8. The molecule has 0 N–H and O–H groups in total. The number of aryl methyl sites for hydroxylation is 8. The van der Waals surface area contributed by atoms with Gasteiger partial charge in [0.25, 0.3) is 0 Å². The second-order valence-corrected chi connectivity index (χ2v) is 11.2. The van der Waals surface area contributed by atoms with Crippen molar-refractivity contribution in [3.63, 3.8) is 0 Å². The average Bonchev–Trinajstić information content (AvgIpc) is 3.86. The van der Waals surface area contributed by atoms with E-state index in [2.05, 4.69) is 150 Å². The van der Waals surface area contributed by atoms with Crippen molar-refractivity contribution in [2.24, 2.45) is 0 Å². The lowest BCUT2D eigenvalue weighted by Gasteiger charge is -2.13. The topological polar surface area (TPSA) is 0 Å². The van der Waals surface area contributed by atoms with Crippen molar-refractivity contribution >= 4 is 0 Å². The Morgan fingerprint density at radius 2 is 0.362 bits per heavy atom. The lowest BCUT2D eigenvalue weighted by Crippen LogP contribution is -2.00. The molecule has 0 aliphatic heterocycles. The minimum absolute atomic E-state index is 0. The molecule has 0 radical (unpaired) electrons. The highest BCUT2D eigenvalue weighted by Crippen LogP contribution is 2.22. The summed E-state index contributed by atoms with van der Waals surface area (Å²) >= 11 is 0. The third-order valence-corrected chi connectivity index (χ3v) is 8.54. The number of fused-ring (bicyclic) bond motifs is 4. The Labute approximate surface area is 290 Å². The van der Waals surface area contributed by atoms with Crippen molar-refractivity contribution < 1.29 is 0 Å². The maximum Gasteiger partial charge on any atom is -0.0273 e. The van der Waals surface area contributed by atoms with Crippen molar-refractivity contribution in [2.75, 3.05) is 0 Å². The van der Waals surface area contributed by atoms with Crippen molar-refractivity contribution in [2.45, 2.75) is 97.3 Å². The molecule has 8 rings (SSSR count). The largest absolute Gasteiger partial charge is 0.106 e. The lowest BCUT2D eigenvalue weighted by molar-refractivity contribution is 0.685. The molecule has 47 heavy (non-hydrogen) atoms. The maximum absolute atomic E-state index is 3.00. The van der Waals surface area contributed by atoms with Crippen LogP contribution in [-0.4, -0.2) is 0 Å². The van der Waals surface area contributed by atoms with Crippen LogP contribution in [-0.2, 0) is 51.4 Å². The fraction of sp³-hybridized carbons (Fsp3) is 0.319. The van der Waals surface area contributed by atoms with Gasteiger partial charge in [0.2, 0.25) is 0 Å². The molecule has 0 unspecified atom stereocenters. The summed E-state index contributed by atoms with van der Waals surface area (Å²) in [6.45, 7) is 24.0. The van der Waals surface area contributed by atoms with Crippen LogP contribution in [0.4, 0.5) is 0 Å². The van der Waals surface area contributed by atoms with Gasteiger partial charge in [0, 0.05) is 0 Å². The number of hydrogen-bond donors (Lipinski definition) is 0. The third-order valence-electron chi connectivity index (χ3n) is 8.54. The Hall–Kier alpha value is -4.16. The molecule has 0 spiro atoms. The zero-order valence-corrected chi connectivity index (χ0v) is 28.8. The summed E-state index contributed by atoms with van der Waals surface area (Å²) in [5, 5.41) is 0. The molecule has 4 aliphatic rings. The van der Waals surface area contributed by atoms with Gasteiger partial charge >= 0.3 is 0 Å². The standard InChI is InChI=1S/2C10H12.2C9H10.4C2H4.CH4/c2*1-2-6-10-8-4-3-7-9(10)5-1;2*1-2-5-9-7-3-6-8(9)4-1;4*1-2;/h2*1-2,5-6H,3-4,7-8H2;2*1-2,4-5H,3,6-7H2;4*1-2H2;1H4. The molecular weight excluding hydrogens is 565 g/mol. The molecule has 0 saturated heterocycles. The van der Waals surface area contributed by atoms with Gasteiger partial charge < -0.3 is 0 Å².